The Bertz CT molecular complexity index is 1310. The van der Waals surface area contributed by atoms with Gasteiger partial charge in [-0.15, -0.1) is 11.8 Å². The Morgan fingerprint density at radius 2 is 1.93 bits per heavy atom. The maximum atomic E-state index is 13.2. The number of aromatic hydroxyl groups is 2. The van der Waals surface area contributed by atoms with Gasteiger partial charge in [-0.05, 0) is 36.6 Å². The van der Waals surface area contributed by atoms with Crippen molar-refractivity contribution in [1.82, 2.24) is 10.2 Å². The Morgan fingerprint density at radius 3 is 2.51 bits per heavy atom. The van der Waals surface area contributed by atoms with Crippen LogP contribution in [0, 0.1) is 0 Å². The number of nitrogens with zero attached hydrogens (tertiary/aromatic N) is 1. The summed E-state index contributed by atoms with van der Waals surface area (Å²) < 4.78 is 15.6. The predicted molar refractivity (Wildman–Crippen MR) is 141 cm³/mol. The van der Waals surface area contributed by atoms with Crippen LogP contribution in [-0.4, -0.2) is 98.8 Å². The van der Waals surface area contributed by atoms with Crippen LogP contribution < -0.4 is 11.1 Å². The zero-order valence-electron chi connectivity index (χ0n) is 22.0. The third-order valence-electron chi connectivity index (χ3n) is 6.29. The number of carbonyl (C=O) groups excluding carboxylic acids is 3. The number of carboxylic acid groups (broad SMARTS) is 2. The third kappa shape index (κ3) is 6.55. The predicted octanol–water partition coefficient (Wildman–Crippen LogP) is -0.0768. The highest BCUT2D eigenvalue weighted by Gasteiger charge is 2.66. The number of hydrogen-bond donors (Lipinski definition) is 6. The molecule has 2 aliphatic heterocycles. The number of hydrogen-bond acceptors (Lipinski definition) is 12. The molecule has 0 bridgehead atoms. The van der Waals surface area contributed by atoms with Crippen LogP contribution in [0.25, 0.3) is 6.08 Å². The number of esters is 1. The molecule has 15 nitrogen and oxygen atoms in total. The molecular weight excluding hydrogens is 566 g/mol. The fourth-order valence-electron chi connectivity index (χ4n) is 4.14. The summed E-state index contributed by atoms with van der Waals surface area (Å²) in [6, 6.07) is 2.67. The van der Waals surface area contributed by atoms with Crippen molar-refractivity contribution < 1.29 is 58.6 Å². The average molecular weight is 596 g/mol. The Kier molecular flexibility index (Phi) is 9.85. The molecule has 0 spiro atoms. The number of amides is 2. The molecule has 3 atom stereocenters. The molecule has 2 heterocycles. The first-order chi connectivity index (χ1) is 19.4. The summed E-state index contributed by atoms with van der Waals surface area (Å²) in [5.41, 5.74) is 3.58. The quantitative estimate of drug-likeness (QED) is 0.0437. The molecule has 41 heavy (non-hydrogen) atoms. The first-order valence-corrected chi connectivity index (χ1v) is 13.1. The van der Waals surface area contributed by atoms with Crippen molar-refractivity contribution in [1.29, 1.82) is 0 Å². The van der Waals surface area contributed by atoms with E-state index in [4.69, 9.17) is 25.1 Å². The van der Waals surface area contributed by atoms with E-state index in [-0.39, 0.29) is 42.1 Å². The third-order valence-corrected chi connectivity index (χ3v) is 7.67. The number of methoxy groups -OCH3 is 2. The number of carbonyl (C=O) groups is 5. The van der Waals surface area contributed by atoms with Crippen LogP contribution in [0.2, 0.25) is 0 Å². The molecule has 2 amide bonds. The summed E-state index contributed by atoms with van der Waals surface area (Å²) in [7, 11) is 2.39. The smallest absolute Gasteiger partial charge is 0.373 e. The monoisotopic (exact) mass is 595 g/mol. The number of β-lactam (4-membered cyclic amide) rings is 1. The molecule has 1 aromatic rings. The molecule has 0 saturated carbocycles. The van der Waals surface area contributed by atoms with E-state index < -0.39 is 64.9 Å². The van der Waals surface area contributed by atoms with E-state index in [9.17, 15) is 39.3 Å². The topological polar surface area (TPSA) is 235 Å². The van der Waals surface area contributed by atoms with Gasteiger partial charge in [0.1, 0.15) is 23.7 Å². The Hall–Kier alpha value is -4.28. The first-order valence-electron chi connectivity index (χ1n) is 12.1. The van der Waals surface area contributed by atoms with Gasteiger partial charge in [-0.3, -0.25) is 19.3 Å². The molecule has 0 aromatic heterocycles. The lowest BCUT2D eigenvalue weighted by atomic mass is 9.97. The van der Waals surface area contributed by atoms with Gasteiger partial charge in [-0.25, -0.2) is 9.59 Å². The zero-order chi connectivity index (χ0) is 30.5. The summed E-state index contributed by atoms with van der Waals surface area (Å²) >= 11 is 1.08. The van der Waals surface area contributed by atoms with Crippen molar-refractivity contribution in [3.05, 3.63) is 40.8 Å². The van der Waals surface area contributed by atoms with Crippen molar-refractivity contribution in [3.8, 4) is 11.5 Å². The number of thioether (sulfide) groups is 1. The molecule has 222 valence electrons. The Labute approximate surface area is 237 Å². The number of aliphatic carboxylic acids is 2. The van der Waals surface area contributed by atoms with Crippen LogP contribution in [-0.2, 0) is 38.2 Å². The van der Waals surface area contributed by atoms with Gasteiger partial charge >= 0.3 is 17.9 Å². The van der Waals surface area contributed by atoms with Crippen molar-refractivity contribution in [2.75, 3.05) is 26.6 Å². The van der Waals surface area contributed by atoms with Crippen molar-refractivity contribution >= 4 is 47.6 Å². The van der Waals surface area contributed by atoms with E-state index in [1.54, 1.807) is 0 Å². The van der Waals surface area contributed by atoms with E-state index in [0.717, 1.165) is 16.7 Å². The molecule has 0 aliphatic carbocycles. The summed E-state index contributed by atoms with van der Waals surface area (Å²) in [5, 5.41) is 39.4. The molecule has 2 aliphatic rings. The van der Waals surface area contributed by atoms with Crippen LogP contribution in [0.3, 0.4) is 0 Å². The standard InChI is InChI=1S/C25H29N3O12S/c1-38-17(9-12-6-7-15(29)16(30)8-12)22(36)40-10-13-11-41-24-25(39-2,23(37)28(24)19(13)21(34)35)27-18(31)5-3-4-14(26)20(32)33/h6-9,14,24,29-30H,3-5,10-11,26H2,1-2H3,(H,27,31)(H,32,33)(H,34,35)/t14-,24+,25-/m0/s1. The highest BCUT2D eigenvalue weighted by atomic mass is 32.2. The van der Waals surface area contributed by atoms with Gasteiger partial charge < -0.3 is 45.7 Å². The minimum atomic E-state index is -1.85. The van der Waals surface area contributed by atoms with Gasteiger partial charge in [-0.2, -0.15) is 0 Å². The van der Waals surface area contributed by atoms with Gasteiger partial charge in [0.15, 0.2) is 11.5 Å². The number of phenolic OH excluding ortho intramolecular Hbond substituents is 2. The highest BCUT2D eigenvalue weighted by Crippen LogP contribution is 2.46. The number of fused-ring (bicyclic) bond motifs is 1. The van der Waals surface area contributed by atoms with Gasteiger partial charge in [-0.1, -0.05) is 6.07 Å². The fourth-order valence-corrected chi connectivity index (χ4v) is 5.56. The number of nitrogens with two attached hydrogens (primary N) is 1. The number of rotatable bonds is 13. The van der Waals surface area contributed by atoms with Crippen LogP contribution in [0.5, 0.6) is 11.5 Å². The van der Waals surface area contributed by atoms with Gasteiger partial charge in [0.25, 0.3) is 11.6 Å². The van der Waals surface area contributed by atoms with E-state index in [1.807, 2.05) is 0 Å². The summed E-state index contributed by atoms with van der Waals surface area (Å²) in [4.78, 5) is 62.2. The number of nitrogens with one attached hydrogen (secondary N) is 1. The second kappa shape index (κ2) is 12.9. The molecule has 0 unspecified atom stereocenters. The highest BCUT2D eigenvalue weighted by molar-refractivity contribution is 8.00. The summed E-state index contributed by atoms with van der Waals surface area (Å²) in [5.74, 6) is -6.13. The van der Waals surface area contributed by atoms with Crippen LogP contribution in [0.15, 0.2) is 35.2 Å². The lowest BCUT2D eigenvalue weighted by Crippen LogP contribution is -2.80. The van der Waals surface area contributed by atoms with Gasteiger partial charge in [0, 0.05) is 24.9 Å². The SMILES string of the molecule is COC(=Cc1ccc(O)c(O)c1)C(=O)OCC1=C(C(=O)O)N2C(=O)[C@](NC(=O)CCC[C@H](N)C(=O)O)(OC)[C@H]2SC1. The van der Waals surface area contributed by atoms with E-state index in [2.05, 4.69) is 5.32 Å². The van der Waals surface area contributed by atoms with Gasteiger partial charge in [0.2, 0.25) is 11.7 Å². The Balaban J connectivity index is 1.71. The van der Waals surface area contributed by atoms with Crippen molar-refractivity contribution in [2.45, 2.75) is 36.4 Å². The minimum Gasteiger partial charge on any atom is -0.504 e. The lowest BCUT2D eigenvalue weighted by Gasteiger charge is -2.55. The van der Waals surface area contributed by atoms with Gasteiger partial charge in [0.05, 0.1) is 7.11 Å². The van der Waals surface area contributed by atoms with Crippen molar-refractivity contribution in [3.63, 3.8) is 0 Å². The molecule has 0 radical (unpaired) electrons. The second-order valence-corrected chi connectivity index (χ2v) is 10.0. The molecular formula is C25H29N3O12S. The number of phenols is 2. The largest absolute Gasteiger partial charge is 0.504 e. The number of benzene rings is 1. The number of carboxylic acids is 2. The second-order valence-electron chi connectivity index (χ2n) is 8.96. The molecule has 16 heteroatoms. The molecule has 1 aromatic carbocycles. The zero-order valence-corrected chi connectivity index (χ0v) is 22.8. The number of ether oxygens (including phenoxy) is 3. The first kappa shape index (κ1) is 31.3. The van der Waals surface area contributed by atoms with Crippen LogP contribution in [0.1, 0.15) is 24.8 Å². The summed E-state index contributed by atoms with van der Waals surface area (Å²) in [6.45, 7) is -0.498. The van der Waals surface area contributed by atoms with Crippen molar-refractivity contribution in [2.24, 2.45) is 5.73 Å². The normalized spacial score (nSPS) is 21.0. The maximum Gasteiger partial charge on any atom is 0.373 e. The molecule has 1 saturated heterocycles. The summed E-state index contributed by atoms with van der Waals surface area (Å²) in [6.07, 6.45) is 1.27. The molecule has 7 N–H and O–H groups in total. The average Bonchev–Trinajstić information content (AvgIpc) is 2.94. The van der Waals surface area contributed by atoms with Crippen LogP contribution >= 0.6 is 11.8 Å². The molecule has 3 rings (SSSR count). The molecule has 1 fully saturated rings. The minimum absolute atomic E-state index is 0.00959. The van der Waals surface area contributed by atoms with E-state index in [0.29, 0.717) is 5.56 Å². The van der Waals surface area contributed by atoms with E-state index in [1.165, 1.54) is 38.5 Å². The fraction of sp³-hybridized carbons (Fsp3) is 0.400. The lowest BCUT2D eigenvalue weighted by molar-refractivity contribution is -0.192. The van der Waals surface area contributed by atoms with Crippen LogP contribution in [0.4, 0.5) is 0 Å². The van der Waals surface area contributed by atoms with E-state index >= 15 is 0 Å². The maximum absolute atomic E-state index is 13.2. The Morgan fingerprint density at radius 1 is 1.22 bits per heavy atom.